The number of allylic oxidation sites excluding steroid dienone is 1. The molecule has 1 aliphatic carbocycles. The molecule has 160 valence electrons. The van der Waals surface area contributed by atoms with Gasteiger partial charge in [-0.2, -0.15) is 4.31 Å². The average Bonchev–Trinajstić information content (AvgIpc) is 2.73. The van der Waals surface area contributed by atoms with Gasteiger partial charge in [0.2, 0.25) is 10.0 Å². The van der Waals surface area contributed by atoms with Crippen LogP contribution in [0.25, 0.3) is 0 Å². The maximum Gasteiger partial charge on any atom is 0.338 e. The molecule has 1 N–H and O–H groups in total. The second kappa shape index (κ2) is 11.1. The number of esters is 1. The molecule has 0 heterocycles. The van der Waals surface area contributed by atoms with E-state index in [4.69, 9.17) is 4.74 Å². The van der Waals surface area contributed by atoms with Crippen LogP contribution in [0, 0.1) is 0 Å². The lowest BCUT2D eigenvalue weighted by molar-refractivity contribution is -0.124. The van der Waals surface area contributed by atoms with Gasteiger partial charge in [0.05, 0.1) is 10.5 Å². The van der Waals surface area contributed by atoms with Crippen LogP contribution >= 0.6 is 0 Å². The van der Waals surface area contributed by atoms with Gasteiger partial charge in [0, 0.05) is 19.6 Å². The van der Waals surface area contributed by atoms with Crippen molar-refractivity contribution < 1.29 is 22.7 Å². The van der Waals surface area contributed by atoms with E-state index < -0.39 is 22.6 Å². The molecule has 29 heavy (non-hydrogen) atoms. The summed E-state index contributed by atoms with van der Waals surface area (Å²) in [4.78, 5) is 24.2. The van der Waals surface area contributed by atoms with Crippen molar-refractivity contribution in [1.29, 1.82) is 0 Å². The van der Waals surface area contributed by atoms with Crippen LogP contribution in [-0.4, -0.2) is 50.8 Å². The van der Waals surface area contributed by atoms with Crippen molar-refractivity contribution in [1.82, 2.24) is 9.62 Å². The van der Waals surface area contributed by atoms with Gasteiger partial charge in [-0.05, 0) is 50.3 Å². The fourth-order valence-electron chi connectivity index (χ4n) is 3.26. The lowest BCUT2D eigenvalue weighted by Crippen LogP contribution is -2.31. The third kappa shape index (κ3) is 6.68. The number of amides is 1. The predicted octanol–water partition coefficient (Wildman–Crippen LogP) is 2.88. The van der Waals surface area contributed by atoms with E-state index in [0.717, 1.165) is 19.3 Å². The van der Waals surface area contributed by atoms with Crippen molar-refractivity contribution in [3.8, 4) is 0 Å². The molecule has 0 atom stereocenters. The molecule has 0 saturated carbocycles. The highest BCUT2D eigenvalue weighted by Crippen LogP contribution is 2.19. The number of carbonyl (C=O) groups excluding carboxylic acids is 2. The van der Waals surface area contributed by atoms with E-state index in [1.807, 2.05) is 0 Å². The maximum absolute atomic E-state index is 12.6. The van der Waals surface area contributed by atoms with E-state index >= 15 is 0 Å². The zero-order chi connectivity index (χ0) is 21.3. The zero-order valence-electron chi connectivity index (χ0n) is 17.1. The molecule has 1 aliphatic rings. The molecule has 7 nitrogen and oxygen atoms in total. The van der Waals surface area contributed by atoms with Gasteiger partial charge in [0.1, 0.15) is 0 Å². The number of nitrogens with one attached hydrogen (secondary N) is 1. The zero-order valence-corrected chi connectivity index (χ0v) is 18.0. The SMILES string of the molecule is CCN(CC)S(=O)(=O)c1cccc(C(=O)OCC(=O)NCCC2=CCCCC2)c1. The summed E-state index contributed by atoms with van der Waals surface area (Å²) in [7, 11) is -3.67. The van der Waals surface area contributed by atoms with Crippen LogP contribution < -0.4 is 5.32 Å². The Balaban J connectivity index is 1.87. The molecule has 0 saturated heterocycles. The fourth-order valence-corrected chi connectivity index (χ4v) is 4.76. The molecular formula is C21H30N2O5S. The van der Waals surface area contributed by atoms with Gasteiger partial charge >= 0.3 is 5.97 Å². The molecule has 0 radical (unpaired) electrons. The molecule has 0 unspecified atom stereocenters. The molecule has 0 aliphatic heterocycles. The number of benzene rings is 1. The Morgan fingerprint density at radius 1 is 1.17 bits per heavy atom. The first-order valence-corrected chi connectivity index (χ1v) is 11.5. The van der Waals surface area contributed by atoms with E-state index in [-0.39, 0.29) is 16.4 Å². The minimum absolute atomic E-state index is 0.0286. The van der Waals surface area contributed by atoms with Gasteiger partial charge in [-0.15, -0.1) is 0 Å². The minimum Gasteiger partial charge on any atom is -0.452 e. The molecule has 0 aromatic heterocycles. The standard InChI is InChI=1S/C21H30N2O5S/c1-3-23(4-2)29(26,27)19-12-8-11-18(15-19)21(25)28-16-20(24)22-14-13-17-9-6-5-7-10-17/h8-9,11-12,15H,3-7,10,13-14,16H2,1-2H3,(H,22,24). The molecule has 0 spiro atoms. The highest BCUT2D eigenvalue weighted by Gasteiger charge is 2.23. The number of rotatable bonds is 10. The number of hydrogen-bond acceptors (Lipinski definition) is 5. The summed E-state index contributed by atoms with van der Waals surface area (Å²) in [5, 5.41) is 2.74. The Morgan fingerprint density at radius 3 is 2.59 bits per heavy atom. The lowest BCUT2D eigenvalue weighted by Gasteiger charge is -2.18. The first kappa shape index (κ1) is 23.1. The molecule has 2 rings (SSSR count). The molecule has 8 heteroatoms. The molecule has 0 bridgehead atoms. The summed E-state index contributed by atoms with van der Waals surface area (Å²) in [6.45, 7) is 4.30. The van der Waals surface area contributed by atoms with Gasteiger partial charge in [-0.1, -0.05) is 31.6 Å². The number of hydrogen-bond donors (Lipinski definition) is 1. The summed E-state index contributed by atoms with van der Waals surface area (Å²) in [6.07, 6.45) is 7.64. The van der Waals surface area contributed by atoms with Crippen molar-refractivity contribution in [2.45, 2.75) is 50.8 Å². The van der Waals surface area contributed by atoms with E-state index in [0.29, 0.717) is 19.6 Å². The maximum atomic E-state index is 12.6. The van der Waals surface area contributed by atoms with Crippen LogP contribution in [-0.2, 0) is 19.6 Å². The van der Waals surface area contributed by atoms with Crippen LogP contribution in [0.5, 0.6) is 0 Å². The molecule has 1 amide bonds. The van der Waals surface area contributed by atoms with Crippen molar-refractivity contribution >= 4 is 21.9 Å². The highest BCUT2D eigenvalue weighted by atomic mass is 32.2. The summed E-state index contributed by atoms with van der Waals surface area (Å²) in [5.74, 6) is -1.10. The van der Waals surface area contributed by atoms with Crippen LogP contribution in [0.15, 0.2) is 40.8 Å². The Bertz CT molecular complexity index is 844. The number of ether oxygens (including phenoxy) is 1. The third-order valence-corrected chi connectivity index (χ3v) is 6.95. The van der Waals surface area contributed by atoms with E-state index in [1.54, 1.807) is 13.8 Å². The topological polar surface area (TPSA) is 92.8 Å². The van der Waals surface area contributed by atoms with Crippen LogP contribution in [0.4, 0.5) is 0 Å². The molecular weight excluding hydrogens is 392 g/mol. The summed E-state index contributed by atoms with van der Waals surface area (Å²) < 4.78 is 31.5. The fraction of sp³-hybridized carbons (Fsp3) is 0.524. The largest absolute Gasteiger partial charge is 0.452 e. The number of sulfonamides is 1. The monoisotopic (exact) mass is 422 g/mol. The van der Waals surface area contributed by atoms with Gasteiger partial charge in [-0.25, -0.2) is 13.2 Å². The summed E-state index contributed by atoms with van der Waals surface area (Å²) >= 11 is 0. The van der Waals surface area contributed by atoms with Gasteiger partial charge in [0.25, 0.3) is 5.91 Å². The van der Waals surface area contributed by atoms with Crippen molar-refractivity contribution in [2.24, 2.45) is 0 Å². The average molecular weight is 423 g/mol. The Labute approximate surface area is 173 Å². The van der Waals surface area contributed by atoms with Crippen LogP contribution in [0.2, 0.25) is 0 Å². The smallest absolute Gasteiger partial charge is 0.338 e. The second-order valence-electron chi connectivity index (χ2n) is 6.90. The van der Waals surface area contributed by atoms with Crippen molar-refractivity contribution in [2.75, 3.05) is 26.2 Å². The first-order valence-electron chi connectivity index (χ1n) is 10.1. The van der Waals surface area contributed by atoms with Crippen molar-refractivity contribution in [3.05, 3.63) is 41.5 Å². The molecule has 1 aromatic carbocycles. The van der Waals surface area contributed by atoms with Gasteiger partial charge in [-0.3, -0.25) is 4.79 Å². The first-order chi connectivity index (χ1) is 13.9. The van der Waals surface area contributed by atoms with Crippen molar-refractivity contribution in [3.63, 3.8) is 0 Å². The highest BCUT2D eigenvalue weighted by molar-refractivity contribution is 7.89. The Kier molecular flexibility index (Phi) is 8.85. The quantitative estimate of drug-likeness (QED) is 0.462. The number of carbonyl (C=O) groups is 2. The minimum atomic E-state index is -3.67. The van der Waals surface area contributed by atoms with Crippen LogP contribution in [0.3, 0.4) is 0 Å². The summed E-state index contributed by atoms with van der Waals surface area (Å²) in [5.41, 5.74) is 1.46. The normalized spacial score (nSPS) is 14.4. The van der Waals surface area contributed by atoms with E-state index in [2.05, 4.69) is 11.4 Å². The van der Waals surface area contributed by atoms with E-state index in [9.17, 15) is 18.0 Å². The Morgan fingerprint density at radius 2 is 1.93 bits per heavy atom. The third-order valence-electron chi connectivity index (χ3n) is 4.90. The Hall–Kier alpha value is -2.19. The number of nitrogens with zero attached hydrogens (tertiary/aromatic N) is 1. The van der Waals surface area contributed by atoms with E-state index in [1.165, 1.54) is 47.0 Å². The van der Waals surface area contributed by atoms with Gasteiger partial charge < -0.3 is 10.1 Å². The second-order valence-corrected chi connectivity index (χ2v) is 8.84. The predicted molar refractivity (Wildman–Crippen MR) is 111 cm³/mol. The van der Waals surface area contributed by atoms with Crippen LogP contribution in [0.1, 0.15) is 56.3 Å². The summed E-state index contributed by atoms with van der Waals surface area (Å²) in [6, 6.07) is 5.68. The van der Waals surface area contributed by atoms with Gasteiger partial charge in [0.15, 0.2) is 6.61 Å². The lowest BCUT2D eigenvalue weighted by atomic mass is 9.97. The molecule has 0 fully saturated rings. The molecule has 1 aromatic rings.